The summed E-state index contributed by atoms with van der Waals surface area (Å²) in [7, 11) is 0. The number of hydrogen-bond acceptors (Lipinski definition) is 7. The molecule has 0 fully saturated rings. The number of thiophene rings is 1. The van der Waals surface area contributed by atoms with Crippen molar-refractivity contribution in [3.63, 3.8) is 0 Å². The molecule has 0 radical (unpaired) electrons. The Labute approximate surface area is 183 Å². The van der Waals surface area contributed by atoms with Crippen molar-refractivity contribution in [3.8, 4) is 10.6 Å². The summed E-state index contributed by atoms with van der Waals surface area (Å²) in [5.74, 6) is 0.305. The van der Waals surface area contributed by atoms with E-state index in [-0.39, 0.29) is 5.91 Å². The van der Waals surface area contributed by atoms with Gasteiger partial charge in [-0.3, -0.25) is 9.78 Å². The number of aliphatic hydroxyl groups is 1. The van der Waals surface area contributed by atoms with Crippen LogP contribution in [0.15, 0.2) is 72.5 Å². The lowest BCUT2D eigenvalue weighted by Gasteiger charge is -2.09. The van der Waals surface area contributed by atoms with Gasteiger partial charge in [0, 0.05) is 36.2 Å². The number of anilines is 2. The second-order valence-corrected chi connectivity index (χ2v) is 7.84. The van der Waals surface area contributed by atoms with Crippen molar-refractivity contribution < 1.29 is 9.90 Å². The third-order valence-corrected chi connectivity index (χ3v) is 5.55. The topological polar surface area (TPSA) is 100 Å². The highest BCUT2D eigenvalue weighted by Crippen LogP contribution is 2.27. The summed E-state index contributed by atoms with van der Waals surface area (Å²) in [6.07, 6.45) is 4.52. The van der Waals surface area contributed by atoms with Gasteiger partial charge < -0.3 is 15.7 Å². The van der Waals surface area contributed by atoms with E-state index in [0.29, 0.717) is 18.1 Å². The molecule has 1 amide bonds. The zero-order chi connectivity index (χ0) is 21.6. The van der Waals surface area contributed by atoms with Crippen LogP contribution >= 0.6 is 11.3 Å². The fourth-order valence-electron chi connectivity index (χ4n) is 2.94. The molecule has 4 aromatic rings. The summed E-state index contributed by atoms with van der Waals surface area (Å²) in [6, 6.07) is 14.8. The molecular weight excluding hydrogens is 410 g/mol. The maximum Gasteiger partial charge on any atom is 0.252 e. The number of amides is 1. The molecule has 4 rings (SSSR count). The normalized spacial score (nSPS) is 11.7. The van der Waals surface area contributed by atoms with Gasteiger partial charge in [-0.25, -0.2) is 9.97 Å². The first-order valence-corrected chi connectivity index (χ1v) is 10.6. The molecule has 3 N–H and O–H groups in total. The van der Waals surface area contributed by atoms with Crippen molar-refractivity contribution >= 4 is 28.9 Å². The number of carbonyl (C=O) groups is 1. The maximum atomic E-state index is 12.5. The van der Waals surface area contributed by atoms with Gasteiger partial charge in [-0.2, -0.15) is 0 Å². The Kier molecular flexibility index (Phi) is 6.30. The Morgan fingerprint density at radius 1 is 1.13 bits per heavy atom. The Morgan fingerprint density at radius 2 is 1.97 bits per heavy atom. The Bertz CT molecular complexity index is 1180. The van der Waals surface area contributed by atoms with Crippen molar-refractivity contribution in [3.05, 3.63) is 89.2 Å². The average Bonchev–Trinajstić information content (AvgIpc) is 3.29. The van der Waals surface area contributed by atoms with Crippen LogP contribution in [-0.4, -0.2) is 26.0 Å². The number of carbonyl (C=O) groups excluding carboxylic acids is 1. The first-order chi connectivity index (χ1) is 15.1. The lowest BCUT2D eigenvalue weighted by atomic mass is 10.1. The Morgan fingerprint density at radius 3 is 2.77 bits per heavy atom. The Balaban J connectivity index is 1.45. The van der Waals surface area contributed by atoms with E-state index in [1.165, 1.54) is 11.3 Å². The van der Waals surface area contributed by atoms with Crippen molar-refractivity contribution in [1.29, 1.82) is 0 Å². The number of nitrogens with one attached hydrogen (secondary N) is 2. The first-order valence-electron chi connectivity index (χ1n) is 9.72. The third kappa shape index (κ3) is 5.30. The van der Waals surface area contributed by atoms with E-state index < -0.39 is 6.10 Å². The van der Waals surface area contributed by atoms with Gasteiger partial charge >= 0.3 is 0 Å². The predicted molar refractivity (Wildman–Crippen MR) is 121 cm³/mol. The van der Waals surface area contributed by atoms with E-state index in [2.05, 4.69) is 25.6 Å². The summed E-state index contributed by atoms with van der Waals surface area (Å²) < 4.78 is 0. The van der Waals surface area contributed by atoms with Crippen LogP contribution in [0.1, 0.15) is 34.5 Å². The van der Waals surface area contributed by atoms with Crippen LogP contribution in [0, 0.1) is 0 Å². The van der Waals surface area contributed by atoms with Gasteiger partial charge in [0.2, 0.25) is 5.95 Å². The minimum atomic E-state index is -0.553. The van der Waals surface area contributed by atoms with E-state index in [1.54, 1.807) is 25.5 Å². The smallest absolute Gasteiger partial charge is 0.252 e. The second-order valence-electron chi connectivity index (χ2n) is 6.93. The van der Waals surface area contributed by atoms with Gasteiger partial charge in [-0.05, 0) is 54.4 Å². The molecule has 31 heavy (non-hydrogen) atoms. The van der Waals surface area contributed by atoms with Crippen molar-refractivity contribution in [1.82, 2.24) is 20.3 Å². The van der Waals surface area contributed by atoms with Crippen LogP contribution < -0.4 is 10.6 Å². The summed E-state index contributed by atoms with van der Waals surface area (Å²) in [6.45, 7) is 2.16. The molecule has 7 nitrogen and oxygen atoms in total. The molecule has 1 unspecified atom stereocenters. The SMILES string of the molecule is CC(O)c1cccc(Nc2nccc(-c3cc(C(=O)NCc4ccncc4)cs3)n2)c1. The molecule has 156 valence electrons. The minimum Gasteiger partial charge on any atom is -0.389 e. The van der Waals surface area contributed by atoms with Crippen LogP contribution in [0.5, 0.6) is 0 Å². The van der Waals surface area contributed by atoms with Gasteiger partial charge in [0.25, 0.3) is 5.91 Å². The molecule has 0 aliphatic rings. The van der Waals surface area contributed by atoms with E-state index in [1.807, 2.05) is 53.9 Å². The lowest BCUT2D eigenvalue weighted by Crippen LogP contribution is -2.22. The number of hydrogen-bond donors (Lipinski definition) is 3. The van der Waals surface area contributed by atoms with Crippen molar-refractivity contribution in [2.45, 2.75) is 19.6 Å². The number of aromatic nitrogens is 3. The summed E-state index contributed by atoms with van der Waals surface area (Å²) in [4.78, 5) is 26.2. The van der Waals surface area contributed by atoms with E-state index in [9.17, 15) is 9.90 Å². The average molecular weight is 432 g/mol. The molecule has 0 bridgehead atoms. The van der Waals surface area contributed by atoms with E-state index >= 15 is 0 Å². The van der Waals surface area contributed by atoms with Gasteiger partial charge in [0.15, 0.2) is 0 Å². The predicted octanol–water partition coefficient (Wildman–Crippen LogP) is 4.33. The molecule has 3 heterocycles. The maximum absolute atomic E-state index is 12.5. The summed E-state index contributed by atoms with van der Waals surface area (Å²) in [5.41, 5.74) is 3.90. The van der Waals surface area contributed by atoms with Crippen LogP contribution in [0.3, 0.4) is 0 Å². The third-order valence-electron chi connectivity index (χ3n) is 4.60. The highest BCUT2D eigenvalue weighted by molar-refractivity contribution is 7.13. The van der Waals surface area contributed by atoms with Gasteiger partial charge in [-0.15, -0.1) is 11.3 Å². The lowest BCUT2D eigenvalue weighted by molar-refractivity contribution is 0.0951. The van der Waals surface area contributed by atoms with Crippen molar-refractivity contribution in [2.24, 2.45) is 0 Å². The monoisotopic (exact) mass is 431 g/mol. The van der Waals surface area contributed by atoms with Crippen LogP contribution in [0.4, 0.5) is 11.6 Å². The second kappa shape index (κ2) is 9.46. The number of rotatable bonds is 7. The van der Waals surface area contributed by atoms with Gasteiger partial charge in [0.05, 0.1) is 22.2 Å². The number of aliphatic hydroxyl groups excluding tert-OH is 1. The van der Waals surface area contributed by atoms with Gasteiger partial charge in [0.1, 0.15) is 0 Å². The number of nitrogens with zero attached hydrogens (tertiary/aromatic N) is 3. The zero-order valence-corrected chi connectivity index (χ0v) is 17.6. The molecule has 3 aromatic heterocycles. The largest absolute Gasteiger partial charge is 0.389 e. The summed E-state index contributed by atoms with van der Waals surface area (Å²) >= 11 is 1.45. The molecule has 1 aromatic carbocycles. The molecule has 8 heteroatoms. The van der Waals surface area contributed by atoms with Crippen molar-refractivity contribution in [2.75, 3.05) is 5.32 Å². The molecular formula is C23H21N5O2S. The molecule has 0 saturated carbocycles. The van der Waals surface area contributed by atoms with Crippen LogP contribution in [0.25, 0.3) is 10.6 Å². The quantitative estimate of drug-likeness (QED) is 0.403. The van der Waals surface area contributed by atoms with Crippen LogP contribution in [-0.2, 0) is 6.54 Å². The van der Waals surface area contributed by atoms with Crippen LogP contribution in [0.2, 0.25) is 0 Å². The zero-order valence-electron chi connectivity index (χ0n) is 16.8. The fourth-order valence-corrected chi connectivity index (χ4v) is 3.79. The van der Waals surface area contributed by atoms with E-state index in [0.717, 1.165) is 27.4 Å². The number of benzene rings is 1. The standard InChI is InChI=1S/C23H21N5O2S/c1-15(29)17-3-2-4-19(11-17)27-23-25-10-7-20(28-23)21-12-18(14-31-21)22(30)26-13-16-5-8-24-9-6-16/h2-12,14-15,29H,13H2,1H3,(H,26,30)(H,25,27,28). The molecule has 0 aliphatic carbocycles. The fraction of sp³-hybridized carbons (Fsp3) is 0.130. The minimum absolute atomic E-state index is 0.137. The van der Waals surface area contributed by atoms with E-state index in [4.69, 9.17) is 0 Å². The summed E-state index contributed by atoms with van der Waals surface area (Å²) in [5, 5.41) is 17.7. The Hall–Kier alpha value is -3.62. The molecule has 0 aliphatic heterocycles. The number of pyridine rings is 1. The molecule has 0 saturated heterocycles. The molecule has 0 spiro atoms. The highest BCUT2D eigenvalue weighted by atomic mass is 32.1. The van der Waals surface area contributed by atoms with Gasteiger partial charge in [-0.1, -0.05) is 12.1 Å². The highest BCUT2D eigenvalue weighted by Gasteiger charge is 2.12. The first kappa shape index (κ1) is 20.6. The molecule has 1 atom stereocenters.